The first-order valence-electron chi connectivity index (χ1n) is 8.18. The fourth-order valence-corrected chi connectivity index (χ4v) is 3.95. The third-order valence-corrected chi connectivity index (χ3v) is 4.90. The van der Waals surface area contributed by atoms with Crippen molar-refractivity contribution in [3.8, 4) is 0 Å². The van der Waals surface area contributed by atoms with Crippen LogP contribution in [0.2, 0.25) is 0 Å². The summed E-state index contributed by atoms with van der Waals surface area (Å²) in [4.78, 5) is 12.4. The van der Waals surface area contributed by atoms with Crippen molar-refractivity contribution >= 4 is 22.5 Å². The number of likely N-dealkylation sites (N-methyl/N-ethyl adjacent to an activating group) is 1. The number of carbonyl (C=O) groups is 1. The summed E-state index contributed by atoms with van der Waals surface area (Å²) in [5.74, 6) is -0.108. The van der Waals surface area contributed by atoms with E-state index in [4.69, 9.17) is 0 Å². The maximum absolute atomic E-state index is 12.4. The number of hydrogen-bond acceptors (Lipinski definition) is 3. The van der Waals surface area contributed by atoms with Crippen molar-refractivity contribution in [2.45, 2.75) is 33.2 Å². The van der Waals surface area contributed by atoms with Crippen LogP contribution in [-0.2, 0) is 13.0 Å². The first-order valence-corrected chi connectivity index (χ1v) is 8.18. The average Bonchev–Trinajstić information content (AvgIpc) is 2.74. The molecule has 4 rings (SSSR count). The van der Waals surface area contributed by atoms with E-state index in [-0.39, 0.29) is 11.3 Å². The average molecular weight is 310 g/mol. The Labute approximate surface area is 135 Å². The van der Waals surface area contributed by atoms with Gasteiger partial charge in [0.25, 0.3) is 5.91 Å². The number of aromatic nitrogens is 1. The second kappa shape index (κ2) is 4.93. The van der Waals surface area contributed by atoms with Crippen molar-refractivity contribution in [2.75, 3.05) is 13.6 Å². The van der Waals surface area contributed by atoms with E-state index in [0.29, 0.717) is 0 Å². The van der Waals surface area contributed by atoms with E-state index >= 15 is 0 Å². The van der Waals surface area contributed by atoms with Gasteiger partial charge in [-0.15, -0.1) is 0 Å². The van der Waals surface area contributed by atoms with Crippen LogP contribution in [0, 0.1) is 5.41 Å². The number of hydrogen-bond donors (Lipinski definition) is 2. The Morgan fingerprint density at radius 3 is 2.96 bits per heavy atom. The molecule has 0 radical (unpaired) electrons. The molecule has 5 heteroatoms. The van der Waals surface area contributed by atoms with Gasteiger partial charge in [0.2, 0.25) is 0 Å². The second-order valence-electron chi connectivity index (χ2n) is 7.29. The SMILES string of the molecule is CNCCn1c2c3c4c(cccc41)C(=O)NN=C3CC(C)(C)C2. The molecule has 0 bridgehead atoms. The van der Waals surface area contributed by atoms with Gasteiger partial charge in [-0.25, -0.2) is 5.43 Å². The maximum atomic E-state index is 12.4. The van der Waals surface area contributed by atoms with Gasteiger partial charge in [0.05, 0.1) is 11.3 Å². The lowest BCUT2D eigenvalue weighted by atomic mass is 9.75. The molecule has 0 unspecified atom stereocenters. The normalized spacial score (nSPS) is 18.6. The Balaban J connectivity index is 2.08. The van der Waals surface area contributed by atoms with Gasteiger partial charge in [0.15, 0.2) is 0 Å². The van der Waals surface area contributed by atoms with Crippen molar-refractivity contribution in [1.82, 2.24) is 15.3 Å². The molecule has 2 aromatic rings. The Kier molecular flexibility index (Phi) is 3.10. The highest BCUT2D eigenvalue weighted by atomic mass is 16.2. The molecule has 2 heterocycles. The molecule has 0 fully saturated rings. The maximum Gasteiger partial charge on any atom is 0.272 e. The first kappa shape index (κ1) is 14.5. The Morgan fingerprint density at radius 1 is 1.35 bits per heavy atom. The van der Waals surface area contributed by atoms with Gasteiger partial charge in [0, 0.05) is 35.2 Å². The molecule has 2 N–H and O–H groups in total. The van der Waals surface area contributed by atoms with Crippen molar-refractivity contribution in [1.29, 1.82) is 0 Å². The molecule has 0 spiro atoms. The Bertz CT molecular complexity index is 844. The molecular weight excluding hydrogens is 288 g/mol. The summed E-state index contributed by atoms with van der Waals surface area (Å²) < 4.78 is 2.37. The molecule has 0 atom stereocenters. The van der Waals surface area contributed by atoms with Crippen LogP contribution in [0.3, 0.4) is 0 Å². The van der Waals surface area contributed by atoms with Crippen molar-refractivity contribution in [3.05, 3.63) is 35.0 Å². The van der Waals surface area contributed by atoms with Crippen LogP contribution in [0.4, 0.5) is 0 Å². The predicted octanol–water partition coefficient (Wildman–Crippen LogP) is 2.28. The summed E-state index contributed by atoms with van der Waals surface area (Å²) in [7, 11) is 1.97. The van der Waals surface area contributed by atoms with Crippen LogP contribution in [-0.4, -0.2) is 29.8 Å². The van der Waals surface area contributed by atoms with E-state index in [9.17, 15) is 4.79 Å². The molecule has 0 saturated heterocycles. The molecule has 1 aromatic carbocycles. The minimum Gasteiger partial charge on any atom is -0.343 e. The number of carbonyl (C=O) groups excluding carboxylic acids is 1. The molecule has 2 aliphatic rings. The van der Waals surface area contributed by atoms with Crippen molar-refractivity contribution in [2.24, 2.45) is 10.5 Å². The van der Waals surface area contributed by atoms with Gasteiger partial charge in [-0.2, -0.15) is 5.10 Å². The smallest absolute Gasteiger partial charge is 0.272 e. The summed E-state index contributed by atoms with van der Waals surface area (Å²) in [5.41, 5.74) is 8.27. The molecule has 1 aromatic heterocycles. The molecule has 120 valence electrons. The largest absolute Gasteiger partial charge is 0.343 e. The highest BCUT2D eigenvalue weighted by Crippen LogP contribution is 2.41. The number of amides is 1. The van der Waals surface area contributed by atoms with Gasteiger partial charge >= 0.3 is 0 Å². The highest BCUT2D eigenvalue weighted by Gasteiger charge is 2.36. The minimum atomic E-state index is -0.108. The van der Waals surface area contributed by atoms with Crippen LogP contribution in [0.25, 0.3) is 10.9 Å². The van der Waals surface area contributed by atoms with Crippen LogP contribution in [0.5, 0.6) is 0 Å². The lowest BCUT2D eigenvalue weighted by Gasteiger charge is -2.31. The molecular formula is C18H22N4O. The zero-order valence-electron chi connectivity index (χ0n) is 13.9. The van der Waals surface area contributed by atoms with E-state index in [1.165, 1.54) is 11.3 Å². The fraction of sp³-hybridized carbons (Fsp3) is 0.444. The quantitative estimate of drug-likeness (QED) is 0.914. The number of benzene rings is 1. The van der Waals surface area contributed by atoms with Crippen molar-refractivity contribution < 1.29 is 4.79 Å². The van der Waals surface area contributed by atoms with Crippen LogP contribution in [0.1, 0.15) is 41.9 Å². The lowest BCUT2D eigenvalue weighted by molar-refractivity contribution is 0.0956. The van der Waals surface area contributed by atoms with E-state index in [0.717, 1.165) is 48.1 Å². The Morgan fingerprint density at radius 2 is 2.17 bits per heavy atom. The van der Waals surface area contributed by atoms with Crippen LogP contribution < -0.4 is 10.7 Å². The minimum absolute atomic E-state index is 0.108. The predicted molar refractivity (Wildman–Crippen MR) is 92.0 cm³/mol. The topological polar surface area (TPSA) is 58.4 Å². The summed E-state index contributed by atoms with van der Waals surface area (Å²) in [6, 6.07) is 5.99. The van der Waals surface area contributed by atoms with Gasteiger partial charge in [-0.3, -0.25) is 4.79 Å². The standard InChI is InChI=1S/C18H22N4O/c1-18(2)9-12-16-14(10-18)22(8-7-19-3)13-6-4-5-11(15(13)16)17(23)21-20-12/h4-6,19H,7-10H2,1-3H3,(H,21,23). The first-order chi connectivity index (χ1) is 11.0. The number of hydrazone groups is 1. The monoisotopic (exact) mass is 310 g/mol. The van der Waals surface area contributed by atoms with E-state index in [1.807, 2.05) is 19.2 Å². The third kappa shape index (κ3) is 2.10. The van der Waals surface area contributed by atoms with E-state index < -0.39 is 0 Å². The van der Waals surface area contributed by atoms with E-state index in [2.05, 4.69) is 40.3 Å². The zero-order valence-corrected chi connectivity index (χ0v) is 13.9. The van der Waals surface area contributed by atoms with E-state index in [1.54, 1.807) is 0 Å². The molecule has 23 heavy (non-hydrogen) atoms. The highest BCUT2D eigenvalue weighted by molar-refractivity contribution is 6.21. The summed E-state index contributed by atoms with van der Waals surface area (Å²) in [6.07, 6.45) is 1.90. The molecule has 1 amide bonds. The number of rotatable bonds is 3. The molecule has 5 nitrogen and oxygen atoms in total. The molecule has 1 aliphatic heterocycles. The third-order valence-electron chi connectivity index (χ3n) is 4.90. The summed E-state index contributed by atoms with van der Waals surface area (Å²) in [6.45, 7) is 6.34. The Hall–Kier alpha value is -2.14. The molecule has 1 aliphatic carbocycles. The summed E-state index contributed by atoms with van der Waals surface area (Å²) in [5, 5.41) is 8.75. The van der Waals surface area contributed by atoms with Gasteiger partial charge in [-0.05, 0) is 37.4 Å². The second-order valence-corrected chi connectivity index (χ2v) is 7.29. The van der Waals surface area contributed by atoms with Gasteiger partial charge in [0.1, 0.15) is 0 Å². The van der Waals surface area contributed by atoms with Crippen molar-refractivity contribution in [3.63, 3.8) is 0 Å². The van der Waals surface area contributed by atoms with Crippen LogP contribution >= 0.6 is 0 Å². The summed E-state index contributed by atoms with van der Waals surface area (Å²) >= 11 is 0. The number of nitrogens with zero attached hydrogens (tertiary/aromatic N) is 2. The zero-order chi connectivity index (χ0) is 16.2. The molecule has 0 saturated carbocycles. The van der Waals surface area contributed by atoms with Crippen LogP contribution in [0.15, 0.2) is 23.3 Å². The van der Waals surface area contributed by atoms with Gasteiger partial charge in [-0.1, -0.05) is 19.9 Å². The lowest BCUT2D eigenvalue weighted by Crippen LogP contribution is -2.30. The number of nitrogens with one attached hydrogen (secondary N) is 2. The fourth-order valence-electron chi connectivity index (χ4n) is 3.95. The van der Waals surface area contributed by atoms with Gasteiger partial charge < -0.3 is 9.88 Å².